The summed E-state index contributed by atoms with van der Waals surface area (Å²) in [5.74, 6) is -1.35. The number of hydrogen-bond donors (Lipinski definition) is 3. The second-order valence-corrected chi connectivity index (χ2v) is 32.2. The molecule has 0 aliphatic rings. The lowest BCUT2D eigenvalue weighted by atomic mass is 10.0. The number of phosphoric ester groups is 2. The van der Waals surface area contributed by atoms with Crippen LogP contribution in [0.4, 0.5) is 0 Å². The zero-order chi connectivity index (χ0) is 72.7. The summed E-state index contributed by atoms with van der Waals surface area (Å²) in [7, 11) is -9.92. The Hall–Kier alpha value is -1.94. The Bertz CT molecular complexity index is 1890. The third kappa shape index (κ3) is 74.1. The van der Waals surface area contributed by atoms with E-state index in [-0.39, 0.29) is 25.7 Å². The van der Waals surface area contributed by atoms with E-state index in [1.54, 1.807) is 0 Å². The lowest BCUT2D eigenvalue weighted by molar-refractivity contribution is -0.161. The third-order valence-electron chi connectivity index (χ3n) is 18.8. The maximum absolute atomic E-state index is 13.1. The molecular formula is C80H156O17P2. The second kappa shape index (κ2) is 73.0. The molecule has 0 saturated heterocycles. The molecule has 588 valence electrons. The molecule has 99 heavy (non-hydrogen) atoms. The molecule has 0 rings (SSSR count). The van der Waals surface area contributed by atoms with Crippen LogP contribution in [0.2, 0.25) is 0 Å². The topological polar surface area (TPSA) is 237 Å². The van der Waals surface area contributed by atoms with Crippen molar-refractivity contribution in [3.05, 3.63) is 0 Å². The first-order valence-electron chi connectivity index (χ1n) is 41.6. The van der Waals surface area contributed by atoms with E-state index in [0.29, 0.717) is 25.7 Å². The number of aliphatic hydroxyl groups is 1. The van der Waals surface area contributed by atoms with E-state index >= 15 is 0 Å². The highest BCUT2D eigenvalue weighted by Gasteiger charge is 2.30. The molecule has 0 saturated carbocycles. The average molecular weight is 1450 g/mol. The van der Waals surface area contributed by atoms with Crippen molar-refractivity contribution >= 4 is 39.5 Å². The first-order valence-corrected chi connectivity index (χ1v) is 44.6. The van der Waals surface area contributed by atoms with Gasteiger partial charge in [0.25, 0.3) is 0 Å². The Balaban J connectivity index is 5.25. The summed E-state index contributed by atoms with van der Waals surface area (Å²) >= 11 is 0. The maximum Gasteiger partial charge on any atom is 0.472 e. The van der Waals surface area contributed by atoms with Crippen LogP contribution >= 0.6 is 15.6 Å². The lowest BCUT2D eigenvalue weighted by Gasteiger charge is -2.21. The number of carbonyl (C=O) groups excluding carboxylic acids is 4. The third-order valence-corrected chi connectivity index (χ3v) is 20.7. The summed E-state index contributed by atoms with van der Waals surface area (Å²) in [6.45, 7) is 7.32. The van der Waals surface area contributed by atoms with E-state index in [1.807, 2.05) is 0 Å². The molecule has 0 fully saturated rings. The van der Waals surface area contributed by atoms with Crippen molar-refractivity contribution in [1.29, 1.82) is 0 Å². The lowest BCUT2D eigenvalue weighted by Crippen LogP contribution is -2.30. The molecule has 0 heterocycles. The Morgan fingerprint density at radius 1 is 0.273 bits per heavy atom. The molecule has 0 spiro atoms. The van der Waals surface area contributed by atoms with E-state index in [1.165, 1.54) is 250 Å². The average Bonchev–Trinajstić information content (AvgIpc) is 1.08. The molecule has 0 aromatic heterocycles. The van der Waals surface area contributed by atoms with Crippen LogP contribution in [0.1, 0.15) is 426 Å². The van der Waals surface area contributed by atoms with E-state index < -0.39 is 97.5 Å². The number of aliphatic hydroxyl groups excluding tert-OH is 1. The fourth-order valence-corrected chi connectivity index (χ4v) is 14.0. The van der Waals surface area contributed by atoms with Crippen molar-refractivity contribution in [2.45, 2.75) is 445 Å². The maximum atomic E-state index is 13.1. The van der Waals surface area contributed by atoms with Gasteiger partial charge in [-0.25, -0.2) is 9.13 Å². The Kier molecular flexibility index (Phi) is 71.6. The van der Waals surface area contributed by atoms with Crippen LogP contribution in [0.3, 0.4) is 0 Å². The van der Waals surface area contributed by atoms with Crippen LogP contribution in [0.5, 0.6) is 0 Å². The van der Waals surface area contributed by atoms with Gasteiger partial charge in [-0.05, 0) is 31.6 Å². The van der Waals surface area contributed by atoms with Crippen LogP contribution in [0.15, 0.2) is 0 Å². The number of esters is 4. The number of rotatable bonds is 80. The minimum Gasteiger partial charge on any atom is -0.462 e. The smallest absolute Gasteiger partial charge is 0.462 e. The summed E-state index contributed by atoms with van der Waals surface area (Å²) < 4.78 is 68.7. The van der Waals surface area contributed by atoms with E-state index in [2.05, 4.69) is 34.6 Å². The number of carbonyl (C=O) groups is 4. The van der Waals surface area contributed by atoms with Gasteiger partial charge in [-0.2, -0.15) is 0 Å². The number of hydrogen-bond acceptors (Lipinski definition) is 15. The number of ether oxygens (including phenoxy) is 4. The molecule has 0 aliphatic heterocycles. The molecule has 17 nitrogen and oxygen atoms in total. The van der Waals surface area contributed by atoms with Gasteiger partial charge in [-0.3, -0.25) is 37.3 Å². The van der Waals surface area contributed by atoms with E-state index in [9.17, 15) is 43.2 Å². The van der Waals surface area contributed by atoms with Gasteiger partial charge in [-0.15, -0.1) is 0 Å². The van der Waals surface area contributed by atoms with Crippen molar-refractivity contribution in [3.8, 4) is 0 Å². The molecule has 0 aromatic carbocycles. The van der Waals surface area contributed by atoms with E-state index in [4.69, 9.17) is 37.0 Å². The molecular weight excluding hydrogens is 1290 g/mol. The van der Waals surface area contributed by atoms with Crippen LogP contribution in [-0.2, 0) is 65.4 Å². The number of unbranched alkanes of at least 4 members (excludes halogenated alkanes) is 52. The Morgan fingerprint density at radius 2 is 0.465 bits per heavy atom. The molecule has 0 amide bonds. The van der Waals surface area contributed by atoms with Gasteiger partial charge in [-0.1, -0.05) is 375 Å². The van der Waals surface area contributed by atoms with Crippen molar-refractivity contribution in [2.75, 3.05) is 39.6 Å². The number of phosphoric acid groups is 2. The molecule has 2 unspecified atom stereocenters. The van der Waals surface area contributed by atoms with Crippen LogP contribution in [0.25, 0.3) is 0 Å². The SMILES string of the molecule is CCCCCCCCCCCCCCCCCCCCCC(=O)O[C@H](COC(=O)CCCCCCCCCCCCCCCC)COP(=O)(O)OC[C@@H](O)COP(=O)(O)OC[C@@H](COC(=O)CCCCCCCCCCCCCCC)OC(=O)CCCCCCCCCCCCC(C)C. The van der Waals surface area contributed by atoms with Gasteiger partial charge in [0.15, 0.2) is 12.2 Å². The van der Waals surface area contributed by atoms with Crippen molar-refractivity contribution in [1.82, 2.24) is 0 Å². The summed E-state index contributed by atoms with van der Waals surface area (Å²) in [4.78, 5) is 73.0. The molecule has 5 atom stereocenters. The molecule has 0 bridgehead atoms. The first kappa shape index (κ1) is 97.1. The van der Waals surface area contributed by atoms with Crippen LogP contribution in [-0.4, -0.2) is 96.7 Å². The van der Waals surface area contributed by atoms with Gasteiger partial charge < -0.3 is 33.8 Å². The van der Waals surface area contributed by atoms with Gasteiger partial charge in [0, 0.05) is 25.7 Å². The highest BCUT2D eigenvalue weighted by molar-refractivity contribution is 7.47. The minimum atomic E-state index is -4.96. The fraction of sp³-hybridized carbons (Fsp3) is 0.950. The minimum absolute atomic E-state index is 0.107. The van der Waals surface area contributed by atoms with Crippen LogP contribution in [0, 0.1) is 5.92 Å². The van der Waals surface area contributed by atoms with Crippen LogP contribution < -0.4 is 0 Å². The monoisotopic (exact) mass is 1450 g/mol. The highest BCUT2D eigenvalue weighted by Crippen LogP contribution is 2.45. The van der Waals surface area contributed by atoms with Gasteiger partial charge in [0.05, 0.1) is 26.4 Å². The zero-order valence-corrected chi connectivity index (χ0v) is 66.4. The molecule has 0 radical (unpaired) electrons. The predicted octanol–water partition coefficient (Wildman–Crippen LogP) is 24.0. The van der Waals surface area contributed by atoms with Crippen molar-refractivity contribution in [3.63, 3.8) is 0 Å². The Morgan fingerprint density at radius 3 is 0.687 bits per heavy atom. The van der Waals surface area contributed by atoms with Gasteiger partial charge in [0.2, 0.25) is 0 Å². The molecule has 0 aromatic rings. The van der Waals surface area contributed by atoms with Gasteiger partial charge >= 0.3 is 39.5 Å². The highest BCUT2D eigenvalue weighted by atomic mass is 31.2. The van der Waals surface area contributed by atoms with Gasteiger partial charge in [0.1, 0.15) is 19.3 Å². The second-order valence-electron chi connectivity index (χ2n) is 29.3. The first-order chi connectivity index (χ1) is 48.0. The predicted molar refractivity (Wildman–Crippen MR) is 405 cm³/mol. The summed E-state index contributed by atoms with van der Waals surface area (Å²) in [5, 5.41) is 10.6. The summed E-state index contributed by atoms with van der Waals surface area (Å²) in [6, 6.07) is 0. The quantitative estimate of drug-likeness (QED) is 0.0222. The van der Waals surface area contributed by atoms with Crippen molar-refractivity contribution in [2.24, 2.45) is 5.92 Å². The van der Waals surface area contributed by atoms with E-state index in [0.717, 1.165) is 95.8 Å². The normalized spacial score (nSPS) is 13.9. The molecule has 3 N–H and O–H groups in total. The summed E-state index contributed by atoms with van der Waals surface area (Å²) in [6.07, 6.45) is 63.7. The summed E-state index contributed by atoms with van der Waals surface area (Å²) in [5.41, 5.74) is 0. The largest absolute Gasteiger partial charge is 0.472 e. The molecule has 0 aliphatic carbocycles. The standard InChI is InChI=1S/C80H156O17P2/c1-6-9-12-15-18-21-24-27-29-30-31-32-33-36-39-45-50-55-60-65-79(84)96-75(69-91-78(83)64-59-54-49-44-38-35-28-25-22-19-16-13-10-7-2)71-94-98(86,87)92-67-74(81)68-93-99(88,89)95-72-76(97-80(85)66-61-56-51-46-41-40-42-47-52-57-62-73(4)5)70-90-77(82)63-58-53-48-43-37-34-26-23-20-17-14-11-8-3/h73-76,81H,6-72H2,1-5H3,(H,86,87)(H,88,89)/t74-,75-,76-/m1/s1. The zero-order valence-electron chi connectivity index (χ0n) is 64.6. The Labute approximate surface area is 607 Å². The van der Waals surface area contributed by atoms with Crippen molar-refractivity contribution < 1.29 is 80.2 Å². The molecule has 19 heteroatoms. The fourth-order valence-electron chi connectivity index (χ4n) is 12.4.